The summed E-state index contributed by atoms with van der Waals surface area (Å²) < 4.78 is 0. The van der Waals surface area contributed by atoms with Crippen LogP contribution in [-0.2, 0) is 0 Å². The zero-order valence-corrected chi connectivity index (χ0v) is 21.1. The number of terminal acetylenes is 1. The van der Waals surface area contributed by atoms with E-state index in [1.54, 1.807) is 0 Å². The summed E-state index contributed by atoms with van der Waals surface area (Å²) in [5.74, 6) is 6.77. The van der Waals surface area contributed by atoms with Gasteiger partial charge in [0.15, 0.2) is 0 Å². The normalized spacial score (nSPS) is 12.0. The zero-order chi connectivity index (χ0) is 23.0. The van der Waals surface area contributed by atoms with Gasteiger partial charge in [-0.15, -0.1) is 12.0 Å². The molecule has 4 rings (SSSR count). The van der Waals surface area contributed by atoms with Crippen molar-refractivity contribution in [2.75, 3.05) is 0 Å². The topological polar surface area (TPSA) is 0 Å². The molecule has 160 valence electrons. The Balaban J connectivity index is 2.17. The molecule has 0 atom stereocenters. The maximum Gasteiger partial charge on any atom is 0.146 e. The molecule has 32 heavy (non-hydrogen) atoms. The van der Waals surface area contributed by atoms with Crippen LogP contribution in [-0.4, -0.2) is 8.07 Å². The summed E-state index contributed by atoms with van der Waals surface area (Å²) in [6.45, 7) is 14.2. The number of hydrogen-bond donors (Lipinski definition) is 0. The molecule has 0 spiro atoms. The fraction of sp³-hybridized carbons (Fsp3) is 0.290. The van der Waals surface area contributed by atoms with Gasteiger partial charge < -0.3 is 0 Å². The van der Waals surface area contributed by atoms with E-state index in [2.05, 4.69) is 120 Å². The Labute approximate surface area is 194 Å². The second-order valence-corrected chi connectivity index (χ2v) is 15.4. The summed E-state index contributed by atoms with van der Waals surface area (Å²) in [5, 5.41) is 7.01. The molecule has 0 N–H and O–H groups in total. The largest absolute Gasteiger partial charge is 0.146 e. The molecule has 0 saturated carbocycles. The molecule has 0 saturated heterocycles. The first kappa shape index (κ1) is 22.2. The number of benzene rings is 4. The van der Waals surface area contributed by atoms with Crippen LogP contribution < -0.4 is 0 Å². The third-order valence-electron chi connectivity index (χ3n) is 7.30. The Bertz CT molecular complexity index is 1400. The van der Waals surface area contributed by atoms with Gasteiger partial charge in [0, 0.05) is 11.1 Å². The van der Waals surface area contributed by atoms with Gasteiger partial charge in [-0.25, -0.2) is 0 Å². The lowest BCUT2D eigenvalue weighted by Gasteiger charge is -2.38. The fourth-order valence-corrected chi connectivity index (χ4v) is 11.0. The van der Waals surface area contributed by atoms with E-state index in [0.29, 0.717) is 16.6 Å². The molecular weight excluding hydrogens is 400 g/mol. The minimum atomic E-state index is -1.86. The maximum atomic E-state index is 6.06. The van der Waals surface area contributed by atoms with E-state index in [-0.39, 0.29) is 0 Å². The predicted molar refractivity (Wildman–Crippen MR) is 145 cm³/mol. The monoisotopic (exact) mass is 432 g/mol. The molecule has 0 unspecified atom stereocenters. The third kappa shape index (κ3) is 3.42. The first-order valence-corrected chi connectivity index (χ1v) is 13.9. The Hall–Kier alpha value is -3.00. The van der Waals surface area contributed by atoms with Crippen LogP contribution in [0.15, 0.2) is 60.7 Å². The van der Waals surface area contributed by atoms with Crippen molar-refractivity contribution in [2.24, 2.45) is 0 Å². The van der Waals surface area contributed by atoms with E-state index in [1.165, 1.54) is 16.2 Å². The highest BCUT2D eigenvalue weighted by Crippen LogP contribution is 2.41. The molecule has 0 aliphatic heterocycles. The summed E-state index contributed by atoms with van der Waals surface area (Å²) in [6.07, 6.45) is 6.06. The lowest BCUT2D eigenvalue weighted by molar-refractivity contribution is 0.838. The van der Waals surface area contributed by atoms with Crippen molar-refractivity contribution in [2.45, 2.75) is 58.2 Å². The van der Waals surface area contributed by atoms with Crippen LogP contribution in [0.1, 0.15) is 52.7 Å². The summed E-state index contributed by atoms with van der Waals surface area (Å²) in [6, 6.07) is 21.5. The maximum absolute atomic E-state index is 6.06. The van der Waals surface area contributed by atoms with Crippen molar-refractivity contribution in [3.63, 3.8) is 0 Å². The van der Waals surface area contributed by atoms with Crippen LogP contribution in [0.2, 0.25) is 16.6 Å². The molecule has 0 aliphatic carbocycles. The Morgan fingerprint density at radius 2 is 1.06 bits per heavy atom. The molecular formula is C31H32Si. The van der Waals surface area contributed by atoms with E-state index in [0.717, 1.165) is 27.3 Å². The van der Waals surface area contributed by atoms with Crippen LogP contribution in [0.25, 0.3) is 32.3 Å². The molecule has 1 heteroatoms. The van der Waals surface area contributed by atoms with Crippen molar-refractivity contribution >= 4 is 40.4 Å². The van der Waals surface area contributed by atoms with E-state index in [1.807, 2.05) is 0 Å². The Morgan fingerprint density at radius 1 is 0.625 bits per heavy atom. The molecule has 0 heterocycles. The molecule has 0 amide bonds. The van der Waals surface area contributed by atoms with E-state index in [9.17, 15) is 0 Å². The highest BCUT2D eigenvalue weighted by molar-refractivity contribution is 6.90. The zero-order valence-electron chi connectivity index (χ0n) is 20.1. The van der Waals surface area contributed by atoms with Crippen LogP contribution in [0, 0.1) is 23.8 Å². The summed E-state index contributed by atoms with van der Waals surface area (Å²) in [4.78, 5) is 0. The second kappa shape index (κ2) is 8.50. The van der Waals surface area contributed by atoms with Gasteiger partial charge in [-0.1, -0.05) is 102 Å². The predicted octanol–water partition coefficient (Wildman–Crippen LogP) is 8.70. The van der Waals surface area contributed by atoms with Crippen molar-refractivity contribution in [3.8, 4) is 23.8 Å². The summed E-state index contributed by atoms with van der Waals surface area (Å²) in [7, 11) is -1.86. The lowest BCUT2D eigenvalue weighted by Crippen LogP contribution is -2.43. The minimum Gasteiger partial charge on any atom is -0.125 e. The number of hydrogen-bond acceptors (Lipinski definition) is 0. The summed E-state index contributed by atoms with van der Waals surface area (Å²) >= 11 is 0. The number of fused-ring (bicyclic) bond motifs is 3. The molecule has 0 radical (unpaired) electrons. The first-order chi connectivity index (χ1) is 15.3. The minimum absolute atomic E-state index is 0.596. The second-order valence-electron chi connectivity index (χ2n) is 9.83. The lowest BCUT2D eigenvalue weighted by atomic mass is 9.90. The highest BCUT2D eigenvalue weighted by Gasteiger charge is 2.41. The third-order valence-corrected chi connectivity index (χ3v) is 13.6. The van der Waals surface area contributed by atoms with Crippen molar-refractivity contribution in [1.29, 1.82) is 0 Å². The van der Waals surface area contributed by atoms with E-state index in [4.69, 9.17) is 6.42 Å². The van der Waals surface area contributed by atoms with Gasteiger partial charge in [-0.3, -0.25) is 0 Å². The van der Waals surface area contributed by atoms with Crippen LogP contribution in [0.3, 0.4) is 0 Å². The smallest absolute Gasteiger partial charge is 0.125 e. The Kier molecular flexibility index (Phi) is 5.90. The average molecular weight is 433 g/mol. The van der Waals surface area contributed by atoms with Crippen LogP contribution >= 0.6 is 0 Å². The van der Waals surface area contributed by atoms with Gasteiger partial charge in [-0.2, -0.15) is 0 Å². The molecule has 4 aromatic rings. The molecule has 0 aliphatic rings. The van der Waals surface area contributed by atoms with Gasteiger partial charge in [-0.05, 0) is 61.1 Å². The fourth-order valence-electron chi connectivity index (χ4n) is 5.76. The van der Waals surface area contributed by atoms with E-state index < -0.39 is 8.07 Å². The SMILES string of the molecule is C#Cc1c2ccccc2c(C#C[Si](C(C)C)(C(C)C)C(C)C)c2cc3ccccc3cc12. The van der Waals surface area contributed by atoms with Gasteiger partial charge in [0.1, 0.15) is 8.07 Å². The van der Waals surface area contributed by atoms with Gasteiger partial charge in [0.05, 0.1) is 0 Å². The first-order valence-electron chi connectivity index (χ1n) is 11.7. The molecule has 4 aromatic carbocycles. The molecule has 0 aromatic heterocycles. The quantitative estimate of drug-likeness (QED) is 0.172. The Morgan fingerprint density at radius 3 is 1.53 bits per heavy atom. The number of rotatable bonds is 3. The van der Waals surface area contributed by atoms with Crippen molar-refractivity contribution in [1.82, 2.24) is 0 Å². The van der Waals surface area contributed by atoms with Crippen molar-refractivity contribution < 1.29 is 0 Å². The summed E-state index contributed by atoms with van der Waals surface area (Å²) in [5.41, 5.74) is 7.83. The van der Waals surface area contributed by atoms with Crippen LogP contribution in [0.5, 0.6) is 0 Å². The van der Waals surface area contributed by atoms with Gasteiger partial charge in [0.2, 0.25) is 0 Å². The standard InChI is InChI=1S/C31H32Si/c1-8-26-27-15-11-12-16-28(27)29(17-18-32(21(2)3,22(4)5)23(6)7)31-20-25-14-10-9-13-24(25)19-30(26)31/h1,9-16,19-23H,2-7H3. The average Bonchev–Trinajstić information content (AvgIpc) is 2.77. The highest BCUT2D eigenvalue weighted by atomic mass is 28.3. The molecule has 0 fully saturated rings. The van der Waals surface area contributed by atoms with Gasteiger partial charge >= 0.3 is 0 Å². The molecule has 0 nitrogen and oxygen atoms in total. The van der Waals surface area contributed by atoms with E-state index >= 15 is 0 Å². The van der Waals surface area contributed by atoms with Gasteiger partial charge in [0.25, 0.3) is 0 Å². The van der Waals surface area contributed by atoms with Crippen molar-refractivity contribution in [3.05, 3.63) is 71.8 Å². The van der Waals surface area contributed by atoms with Crippen LogP contribution in [0.4, 0.5) is 0 Å². The molecule has 0 bridgehead atoms.